The monoisotopic (exact) mass is 368 g/mol. The van der Waals surface area contributed by atoms with Crippen LogP contribution in [-0.4, -0.2) is 65.5 Å². The van der Waals surface area contributed by atoms with Crippen molar-refractivity contribution in [3.05, 3.63) is 29.8 Å². The van der Waals surface area contributed by atoms with Gasteiger partial charge in [0.05, 0.1) is 5.56 Å². The number of amides is 2. The number of benzene rings is 1. The van der Waals surface area contributed by atoms with Gasteiger partial charge in [-0.25, -0.2) is 0 Å². The number of hydrogen-bond donors (Lipinski definition) is 1. The van der Waals surface area contributed by atoms with Gasteiger partial charge in [0.1, 0.15) is 11.2 Å². The highest BCUT2D eigenvalue weighted by molar-refractivity contribution is 6.05. The maximum absolute atomic E-state index is 12.6. The lowest BCUT2D eigenvalue weighted by atomic mass is 10.1. The molecule has 2 fully saturated rings. The summed E-state index contributed by atoms with van der Waals surface area (Å²) in [6.45, 7) is -2.23. The van der Waals surface area contributed by atoms with E-state index in [4.69, 9.17) is 0 Å². The van der Waals surface area contributed by atoms with Crippen LogP contribution < -0.4 is 4.74 Å². The molecular formula is C17H18F2N2O5. The molecule has 1 saturated carbocycles. The summed E-state index contributed by atoms with van der Waals surface area (Å²) in [6.07, 6.45) is 0.664. The minimum atomic E-state index is -3.04. The zero-order valence-corrected chi connectivity index (χ0v) is 13.9. The molecule has 7 nitrogen and oxygen atoms in total. The van der Waals surface area contributed by atoms with Gasteiger partial charge in [0.2, 0.25) is 5.91 Å². The van der Waals surface area contributed by atoms with E-state index in [0.717, 1.165) is 0 Å². The Balaban J connectivity index is 1.64. The van der Waals surface area contributed by atoms with E-state index in [1.54, 1.807) is 6.07 Å². The number of piperazine rings is 1. The fourth-order valence-corrected chi connectivity index (χ4v) is 3.07. The van der Waals surface area contributed by atoms with Gasteiger partial charge < -0.3 is 19.6 Å². The Bertz CT molecular complexity index is 728. The number of carboxylic acid groups (broad SMARTS) is 1. The molecule has 0 spiro atoms. The number of nitrogens with zero attached hydrogens (tertiary/aromatic N) is 2. The third-order valence-corrected chi connectivity index (χ3v) is 4.76. The van der Waals surface area contributed by atoms with Gasteiger partial charge >= 0.3 is 12.6 Å². The van der Waals surface area contributed by atoms with E-state index < -0.39 is 29.8 Å². The molecule has 1 aliphatic heterocycles. The number of halogens is 2. The number of ether oxygens (including phenoxy) is 1. The summed E-state index contributed by atoms with van der Waals surface area (Å²) < 4.78 is 29.4. The summed E-state index contributed by atoms with van der Waals surface area (Å²) in [5.74, 6) is -2.20. The van der Waals surface area contributed by atoms with E-state index in [1.807, 2.05) is 0 Å². The summed E-state index contributed by atoms with van der Waals surface area (Å²) in [7, 11) is 0. The molecule has 0 radical (unpaired) electrons. The van der Waals surface area contributed by atoms with Gasteiger partial charge in [0, 0.05) is 26.2 Å². The van der Waals surface area contributed by atoms with E-state index >= 15 is 0 Å². The molecule has 0 unspecified atom stereocenters. The van der Waals surface area contributed by atoms with Crippen LogP contribution in [0.3, 0.4) is 0 Å². The van der Waals surface area contributed by atoms with Crippen LogP contribution in [0.25, 0.3) is 0 Å². The van der Waals surface area contributed by atoms with Crippen molar-refractivity contribution in [3.8, 4) is 5.75 Å². The Hall–Kier alpha value is -2.71. The highest BCUT2D eigenvalue weighted by atomic mass is 19.3. The van der Waals surface area contributed by atoms with Crippen LogP contribution in [0.4, 0.5) is 8.78 Å². The summed E-state index contributed by atoms with van der Waals surface area (Å²) >= 11 is 0. The molecule has 1 heterocycles. The standard InChI is InChI=1S/C17H18F2N2O5/c18-16(19)26-12-4-2-1-3-11(12)13(22)20-7-9-21(10-8-20)14(23)17(5-6-17)15(24)25/h1-4,16H,5-10H2,(H,24,25). The Kier molecular flexibility index (Phi) is 4.80. The second kappa shape index (κ2) is 6.89. The Morgan fingerprint density at radius 1 is 1.04 bits per heavy atom. The van der Waals surface area contributed by atoms with Crippen molar-refractivity contribution in [3.63, 3.8) is 0 Å². The number of para-hydroxylation sites is 1. The molecule has 1 aliphatic carbocycles. The molecule has 26 heavy (non-hydrogen) atoms. The Morgan fingerprint density at radius 3 is 2.15 bits per heavy atom. The zero-order chi connectivity index (χ0) is 18.9. The number of carboxylic acids is 1. The molecule has 1 N–H and O–H groups in total. The van der Waals surface area contributed by atoms with Gasteiger partial charge in [-0.1, -0.05) is 12.1 Å². The third kappa shape index (κ3) is 3.33. The summed E-state index contributed by atoms with van der Waals surface area (Å²) in [6, 6.07) is 5.74. The van der Waals surface area contributed by atoms with E-state index in [-0.39, 0.29) is 37.5 Å². The first-order valence-electron chi connectivity index (χ1n) is 8.21. The zero-order valence-electron chi connectivity index (χ0n) is 13.9. The molecule has 140 valence electrons. The smallest absolute Gasteiger partial charge is 0.387 e. The van der Waals surface area contributed by atoms with Crippen LogP contribution in [0, 0.1) is 5.41 Å². The normalized spacial score (nSPS) is 18.6. The lowest BCUT2D eigenvalue weighted by Gasteiger charge is -2.36. The van der Waals surface area contributed by atoms with Gasteiger partial charge in [-0.15, -0.1) is 0 Å². The predicted octanol–water partition coefficient (Wildman–Crippen LogP) is 1.44. The predicted molar refractivity (Wildman–Crippen MR) is 84.9 cm³/mol. The Morgan fingerprint density at radius 2 is 1.62 bits per heavy atom. The largest absolute Gasteiger partial charge is 0.480 e. The van der Waals surface area contributed by atoms with Crippen LogP contribution in [0.1, 0.15) is 23.2 Å². The molecule has 1 aromatic carbocycles. The van der Waals surface area contributed by atoms with Crippen molar-refractivity contribution in [2.45, 2.75) is 19.5 Å². The van der Waals surface area contributed by atoms with Gasteiger partial charge in [0.15, 0.2) is 0 Å². The van der Waals surface area contributed by atoms with Crippen molar-refractivity contribution in [2.75, 3.05) is 26.2 Å². The van der Waals surface area contributed by atoms with E-state index in [2.05, 4.69) is 4.74 Å². The van der Waals surface area contributed by atoms with Crippen LogP contribution in [0.5, 0.6) is 5.75 Å². The number of rotatable bonds is 5. The first-order valence-corrected chi connectivity index (χ1v) is 8.21. The Labute approximate surface area is 148 Å². The van der Waals surface area contributed by atoms with E-state index in [9.17, 15) is 28.3 Å². The molecule has 9 heteroatoms. The van der Waals surface area contributed by atoms with Crippen molar-refractivity contribution in [2.24, 2.45) is 5.41 Å². The van der Waals surface area contributed by atoms with Gasteiger partial charge in [-0.05, 0) is 25.0 Å². The number of carbonyl (C=O) groups excluding carboxylic acids is 2. The van der Waals surface area contributed by atoms with Crippen LogP contribution >= 0.6 is 0 Å². The second-order valence-electron chi connectivity index (χ2n) is 6.35. The summed E-state index contributed by atoms with van der Waals surface area (Å²) in [5, 5.41) is 9.21. The molecule has 0 bridgehead atoms. The molecule has 3 rings (SSSR count). The topological polar surface area (TPSA) is 87.2 Å². The van der Waals surface area contributed by atoms with Crippen molar-refractivity contribution >= 4 is 17.8 Å². The highest BCUT2D eigenvalue weighted by Gasteiger charge is 2.58. The number of hydrogen-bond acceptors (Lipinski definition) is 4. The highest BCUT2D eigenvalue weighted by Crippen LogP contribution is 2.47. The van der Waals surface area contributed by atoms with Crippen molar-refractivity contribution in [1.29, 1.82) is 0 Å². The van der Waals surface area contributed by atoms with Gasteiger partial charge in [-0.3, -0.25) is 14.4 Å². The molecular weight excluding hydrogens is 350 g/mol. The first-order chi connectivity index (χ1) is 12.3. The quantitative estimate of drug-likeness (QED) is 0.795. The number of alkyl halides is 2. The third-order valence-electron chi connectivity index (χ3n) is 4.76. The summed E-state index contributed by atoms with van der Waals surface area (Å²) in [5.41, 5.74) is -1.28. The van der Waals surface area contributed by atoms with Crippen LogP contribution in [0.15, 0.2) is 24.3 Å². The van der Waals surface area contributed by atoms with Crippen LogP contribution in [-0.2, 0) is 9.59 Å². The molecule has 1 aromatic rings. The maximum atomic E-state index is 12.6. The molecule has 1 saturated heterocycles. The SMILES string of the molecule is O=C(c1ccccc1OC(F)F)N1CCN(C(=O)C2(C(=O)O)CC2)CC1. The molecule has 2 amide bonds. The molecule has 0 atom stereocenters. The van der Waals surface area contributed by atoms with Crippen molar-refractivity contribution < 1.29 is 33.0 Å². The maximum Gasteiger partial charge on any atom is 0.387 e. The number of aliphatic carboxylic acids is 1. The minimum Gasteiger partial charge on any atom is -0.480 e. The van der Waals surface area contributed by atoms with Gasteiger partial charge in [0.25, 0.3) is 5.91 Å². The second-order valence-corrected chi connectivity index (χ2v) is 6.35. The number of carbonyl (C=O) groups is 3. The van der Waals surface area contributed by atoms with E-state index in [1.165, 1.54) is 28.0 Å². The fourth-order valence-electron chi connectivity index (χ4n) is 3.07. The first kappa shape index (κ1) is 18.1. The van der Waals surface area contributed by atoms with Gasteiger partial charge in [-0.2, -0.15) is 8.78 Å². The average molecular weight is 368 g/mol. The molecule has 2 aliphatic rings. The minimum absolute atomic E-state index is 0.0248. The lowest BCUT2D eigenvalue weighted by molar-refractivity contribution is -0.154. The van der Waals surface area contributed by atoms with Crippen molar-refractivity contribution in [1.82, 2.24) is 9.80 Å². The van der Waals surface area contributed by atoms with Crippen LogP contribution in [0.2, 0.25) is 0 Å². The average Bonchev–Trinajstić information content (AvgIpc) is 3.43. The fraction of sp³-hybridized carbons (Fsp3) is 0.471. The summed E-state index contributed by atoms with van der Waals surface area (Å²) in [4.78, 5) is 39.1. The molecule has 0 aromatic heterocycles. The lowest BCUT2D eigenvalue weighted by Crippen LogP contribution is -2.53. The van der Waals surface area contributed by atoms with E-state index in [0.29, 0.717) is 12.8 Å².